The molecule has 0 spiro atoms. The first-order chi connectivity index (χ1) is 15.6. The maximum Gasteiger partial charge on any atom is 0.308 e. The van der Waals surface area contributed by atoms with Crippen LogP contribution in [-0.2, 0) is 28.5 Å². The first-order valence-electron chi connectivity index (χ1n) is 13.1. The Morgan fingerprint density at radius 1 is 0.531 bits per heavy atom. The van der Waals surface area contributed by atoms with E-state index in [1.807, 2.05) is 13.8 Å². The van der Waals surface area contributed by atoms with Gasteiger partial charge in [0.2, 0.25) is 0 Å². The summed E-state index contributed by atoms with van der Waals surface area (Å²) in [5.41, 5.74) is 0. The zero-order valence-corrected chi connectivity index (χ0v) is 21.3. The molecule has 0 radical (unpaired) electrons. The van der Waals surface area contributed by atoms with Crippen molar-refractivity contribution in [1.82, 2.24) is 0 Å². The first kappa shape index (κ1) is 30.9. The number of rotatable bonds is 23. The standard InChI is InChI=1S/C26H50O6/c1-5-9-11-13-15-23(7-3)25(27)31-21-19-29-17-18-30-20-22-32-26(28)24(8-4)16-14-12-10-6-2/h23-24H,5-22H2,1-4H3. The van der Waals surface area contributed by atoms with E-state index in [0.717, 1.165) is 38.5 Å². The van der Waals surface area contributed by atoms with Crippen LogP contribution in [0.2, 0.25) is 0 Å². The zero-order valence-electron chi connectivity index (χ0n) is 21.3. The molecular weight excluding hydrogens is 408 g/mol. The second-order valence-electron chi connectivity index (χ2n) is 8.47. The Morgan fingerprint density at radius 3 is 1.25 bits per heavy atom. The van der Waals surface area contributed by atoms with Gasteiger partial charge >= 0.3 is 11.9 Å². The van der Waals surface area contributed by atoms with Crippen LogP contribution in [0.4, 0.5) is 0 Å². The van der Waals surface area contributed by atoms with Gasteiger partial charge in [-0.2, -0.15) is 0 Å². The Labute approximate surface area is 197 Å². The van der Waals surface area contributed by atoms with E-state index < -0.39 is 0 Å². The summed E-state index contributed by atoms with van der Waals surface area (Å²) < 4.78 is 21.6. The summed E-state index contributed by atoms with van der Waals surface area (Å²) in [6, 6.07) is 0. The first-order valence-corrected chi connectivity index (χ1v) is 13.1. The van der Waals surface area contributed by atoms with Crippen LogP contribution in [-0.4, -0.2) is 51.6 Å². The van der Waals surface area contributed by atoms with E-state index in [9.17, 15) is 9.59 Å². The maximum absolute atomic E-state index is 12.1. The fraction of sp³-hybridized carbons (Fsp3) is 0.923. The fourth-order valence-corrected chi connectivity index (χ4v) is 3.57. The number of unbranched alkanes of at least 4 members (excludes halogenated alkanes) is 6. The van der Waals surface area contributed by atoms with Crippen molar-refractivity contribution in [2.45, 2.75) is 105 Å². The molecule has 0 aromatic carbocycles. The van der Waals surface area contributed by atoms with Gasteiger partial charge in [0, 0.05) is 0 Å². The Bertz CT molecular complexity index is 400. The Morgan fingerprint density at radius 2 is 0.906 bits per heavy atom. The molecule has 0 amide bonds. The molecule has 0 rings (SSSR count). The largest absolute Gasteiger partial charge is 0.463 e. The van der Waals surface area contributed by atoms with Crippen molar-refractivity contribution < 1.29 is 28.5 Å². The van der Waals surface area contributed by atoms with E-state index in [0.29, 0.717) is 26.4 Å². The Hall–Kier alpha value is -1.14. The summed E-state index contributed by atoms with van der Waals surface area (Å²) in [7, 11) is 0. The highest BCUT2D eigenvalue weighted by molar-refractivity contribution is 5.72. The second kappa shape index (κ2) is 23.0. The van der Waals surface area contributed by atoms with Crippen LogP contribution >= 0.6 is 0 Å². The highest BCUT2D eigenvalue weighted by Crippen LogP contribution is 2.17. The Kier molecular flexibility index (Phi) is 22.2. The van der Waals surface area contributed by atoms with E-state index >= 15 is 0 Å². The van der Waals surface area contributed by atoms with E-state index in [1.54, 1.807) is 0 Å². The third-order valence-electron chi connectivity index (χ3n) is 5.78. The molecule has 0 saturated carbocycles. The third kappa shape index (κ3) is 17.4. The van der Waals surface area contributed by atoms with E-state index in [4.69, 9.17) is 18.9 Å². The molecule has 6 nitrogen and oxygen atoms in total. The quantitative estimate of drug-likeness (QED) is 0.136. The van der Waals surface area contributed by atoms with Crippen LogP contribution in [0.15, 0.2) is 0 Å². The average Bonchev–Trinajstić information content (AvgIpc) is 2.80. The van der Waals surface area contributed by atoms with Gasteiger partial charge in [-0.3, -0.25) is 9.59 Å². The number of carbonyl (C=O) groups is 2. The lowest BCUT2D eigenvalue weighted by Crippen LogP contribution is -2.21. The summed E-state index contributed by atoms with van der Waals surface area (Å²) in [4.78, 5) is 24.2. The fourth-order valence-electron chi connectivity index (χ4n) is 3.57. The van der Waals surface area contributed by atoms with Gasteiger partial charge in [-0.1, -0.05) is 79.1 Å². The van der Waals surface area contributed by atoms with Gasteiger partial charge in [-0.15, -0.1) is 0 Å². The minimum Gasteiger partial charge on any atom is -0.463 e. The molecule has 0 aliphatic carbocycles. The van der Waals surface area contributed by atoms with Crippen LogP contribution in [0.1, 0.15) is 105 Å². The van der Waals surface area contributed by atoms with Crippen LogP contribution in [0.3, 0.4) is 0 Å². The molecule has 0 aliphatic rings. The number of hydrogen-bond donors (Lipinski definition) is 0. The lowest BCUT2D eigenvalue weighted by Gasteiger charge is -2.14. The van der Waals surface area contributed by atoms with E-state index in [2.05, 4.69) is 13.8 Å². The van der Waals surface area contributed by atoms with Crippen molar-refractivity contribution >= 4 is 11.9 Å². The highest BCUT2D eigenvalue weighted by atomic mass is 16.6. The van der Waals surface area contributed by atoms with E-state index in [-0.39, 0.29) is 37.0 Å². The predicted octanol–water partition coefficient (Wildman–Crippen LogP) is 6.10. The molecule has 0 aromatic rings. The summed E-state index contributed by atoms with van der Waals surface area (Å²) in [5, 5.41) is 0. The highest BCUT2D eigenvalue weighted by Gasteiger charge is 2.18. The molecule has 0 heterocycles. The molecule has 0 aromatic heterocycles. The molecule has 190 valence electrons. The van der Waals surface area contributed by atoms with Crippen LogP contribution in [0.5, 0.6) is 0 Å². The normalized spacial score (nSPS) is 13.0. The smallest absolute Gasteiger partial charge is 0.308 e. The zero-order chi connectivity index (χ0) is 23.9. The van der Waals surface area contributed by atoms with Crippen molar-refractivity contribution in [2.75, 3.05) is 39.6 Å². The molecule has 0 bridgehead atoms. The van der Waals surface area contributed by atoms with E-state index in [1.165, 1.54) is 38.5 Å². The Balaban J connectivity index is 3.62. The second-order valence-corrected chi connectivity index (χ2v) is 8.47. The molecule has 6 heteroatoms. The SMILES string of the molecule is CCCCCCC(CC)C(=O)OCCOCCOCCOC(=O)C(CC)CCCCCC. The molecular formula is C26H50O6. The van der Waals surface area contributed by atoms with Gasteiger partial charge in [0.25, 0.3) is 0 Å². The van der Waals surface area contributed by atoms with Gasteiger partial charge in [-0.25, -0.2) is 0 Å². The van der Waals surface area contributed by atoms with Gasteiger partial charge in [0.1, 0.15) is 13.2 Å². The van der Waals surface area contributed by atoms with Gasteiger partial charge in [0.05, 0.1) is 38.3 Å². The molecule has 0 N–H and O–H groups in total. The minimum atomic E-state index is -0.110. The van der Waals surface area contributed by atoms with Crippen LogP contribution in [0.25, 0.3) is 0 Å². The minimum absolute atomic E-state index is 0.00143. The predicted molar refractivity (Wildman–Crippen MR) is 129 cm³/mol. The maximum atomic E-state index is 12.1. The van der Waals surface area contributed by atoms with Crippen LogP contribution in [0, 0.1) is 11.8 Å². The third-order valence-corrected chi connectivity index (χ3v) is 5.78. The number of esters is 2. The lowest BCUT2D eigenvalue weighted by atomic mass is 9.98. The van der Waals surface area contributed by atoms with Gasteiger partial charge in [0.15, 0.2) is 0 Å². The molecule has 32 heavy (non-hydrogen) atoms. The van der Waals surface area contributed by atoms with Crippen molar-refractivity contribution in [3.8, 4) is 0 Å². The van der Waals surface area contributed by atoms with Gasteiger partial charge < -0.3 is 18.9 Å². The number of carbonyl (C=O) groups excluding carboxylic acids is 2. The monoisotopic (exact) mass is 458 g/mol. The number of hydrogen-bond acceptors (Lipinski definition) is 6. The van der Waals surface area contributed by atoms with Crippen molar-refractivity contribution in [1.29, 1.82) is 0 Å². The molecule has 2 unspecified atom stereocenters. The summed E-state index contributed by atoms with van der Waals surface area (Å²) >= 11 is 0. The topological polar surface area (TPSA) is 71.1 Å². The summed E-state index contributed by atoms with van der Waals surface area (Å²) in [6.07, 6.45) is 12.8. The molecule has 2 atom stereocenters. The van der Waals surface area contributed by atoms with Crippen LogP contribution < -0.4 is 0 Å². The molecule has 0 aliphatic heterocycles. The summed E-state index contributed by atoms with van der Waals surface area (Å²) in [6.45, 7) is 10.6. The molecule has 0 saturated heterocycles. The average molecular weight is 459 g/mol. The van der Waals surface area contributed by atoms with Crippen molar-refractivity contribution in [3.63, 3.8) is 0 Å². The number of ether oxygens (including phenoxy) is 4. The van der Waals surface area contributed by atoms with Crippen molar-refractivity contribution in [3.05, 3.63) is 0 Å². The van der Waals surface area contributed by atoms with Crippen molar-refractivity contribution in [2.24, 2.45) is 11.8 Å². The van der Waals surface area contributed by atoms with Gasteiger partial charge in [-0.05, 0) is 25.7 Å². The lowest BCUT2D eigenvalue weighted by molar-refractivity contribution is -0.152. The molecule has 0 fully saturated rings. The summed E-state index contributed by atoms with van der Waals surface area (Å²) in [5.74, 6) is -0.217.